The first-order valence-corrected chi connectivity index (χ1v) is 11.2. The van der Waals surface area contributed by atoms with Gasteiger partial charge in [0.2, 0.25) is 10.0 Å². The Morgan fingerprint density at radius 1 is 1.00 bits per heavy atom. The first kappa shape index (κ1) is 24.0. The van der Waals surface area contributed by atoms with Crippen molar-refractivity contribution in [1.82, 2.24) is 5.43 Å². The molecule has 1 amide bonds. The van der Waals surface area contributed by atoms with Crippen LogP contribution < -0.4 is 23.9 Å². The molecule has 1 atom stereocenters. The minimum atomic E-state index is -3.74. The predicted molar refractivity (Wildman–Crippen MR) is 120 cm³/mol. The van der Waals surface area contributed by atoms with Crippen molar-refractivity contribution in [2.75, 3.05) is 31.9 Å². The Balaban J connectivity index is 2.23. The number of sulfonamides is 1. The summed E-state index contributed by atoms with van der Waals surface area (Å²) in [6.45, 7) is 3.20. The third-order valence-corrected chi connectivity index (χ3v) is 5.79. The summed E-state index contributed by atoms with van der Waals surface area (Å²) in [5.74, 6) is 1.09. The number of anilines is 1. The number of methoxy groups -OCH3 is 3. The second kappa shape index (κ2) is 10.2. The second-order valence-corrected chi connectivity index (χ2v) is 8.54. The van der Waals surface area contributed by atoms with E-state index < -0.39 is 22.0 Å². The highest BCUT2D eigenvalue weighted by Gasteiger charge is 2.29. The highest BCUT2D eigenvalue weighted by Crippen LogP contribution is 2.28. The van der Waals surface area contributed by atoms with Crippen molar-refractivity contribution < 1.29 is 27.4 Å². The van der Waals surface area contributed by atoms with Crippen molar-refractivity contribution >= 4 is 27.3 Å². The molecule has 0 unspecified atom stereocenters. The molecule has 0 aliphatic carbocycles. The third-order valence-electron chi connectivity index (χ3n) is 4.55. The molecule has 10 heteroatoms. The summed E-state index contributed by atoms with van der Waals surface area (Å²) in [5.41, 5.74) is 4.00. The Kier molecular flexibility index (Phi) is 7.87. The molecule has 0 bridgehead atoms. The molecule has 1 N–H and O–H groups in total. The second-order valence-electron chi connectivity index (χ2n) is 6.68. The van der Waals surface area contributed by atoms with E-state index in [0.717, 1.165) is 10.6 Å². The Morgan fingerprint density at radius 3 is 2.13 bits per heavy atom. The van der Waals surface area contributed by atoms with Crippen LogP contribution in [0.4, 0.5) is 5.69 Å². The molecule has 168 valence electrons. The molecule has 2 rings (SSSR count). The largest absolute Gasteiger partial charge is 0.497 e. The number of benzene rings is 2. The first-order valence-electron chi connectivity index (χ1n) is 9.32. The number of nitrogens with zero attached hydrogens (tertiary/aromatic N) is 2. The summed E-state index contributed by atoms with van der Waals surface area (Å²) in [5, 5.41) is 4.11. The molecule has 0 aliphatic heterocycles. The van der Waals surface area contributed by atoms with Crippen LogP contribution in [0.15, 0.2) is 47.6 Å². The summed E-state index contributed by atoms with van der Waals surface area (Å²) >= 11 is 0. The molecule has 0 aliphatic rings. The topological polar surface area (TPSA) is 107 Å². The van der Waals surface area contributed by atoms with Crippen molar-refractivity contribution in [3.8, 4) is 17.2 Å². The Hall–Kier alpha value is -3.27. The standard InChI is InChI=1S/C21H27N3O6S/c1-14(16-7-12-19(29-4)20(13-16)30-5)22-23-21(25)15(2)24(31(6,26)27)17-8-10-18(28-3)11-9-17/h7-13,15H,1-6H3,(H,23,25)/b22-14-/t15-/m0/s1. The molecule has 2 aromatic carbocycles. The maximum Gasteiger partial charge on any atom is 0.263 e. The molecule has 0 aromatic heterocycles. The summed E-state index contributed by atoms with van der Waals surface area (Å²) in [7, 11) is 0.838. The summed E-state index contributed by atoms with van der Waals surface area (Å²) in [6.07, 6.45) is 1.04. The van der Waals surface area contributed by atoms with Gasteiger partial charge in [-0.05, 0) is 56.3 Å². The fraction of sp³-hybridized carbons (Fsp3) is 0.333. The molecular weight excluding hydrogens is 422 g/mol. The third kappa shape index (κ3) is 5.88. The molecule has 2 aromatic rings. The lowest BCUT2D eigenvalue weighted by molar-refractivity contribution is -0.121. The van der Waals surface area contributed by atoms with Gasteiger partial charge in [-0.15, -0.1) is 0 Å². The van der Waals surface area contributed by atoms with Crippen molar-refractivity contribution in [3.05, 3.63) is 48.0 Å². The van der Waals surface area contributed by atoms with Gasteiger partial charge in [0.15, 0.2) is 11.5 Å². The van der Waals surface area contributed by atoms with E-state index in [-0.39, 0.29) is 0 Å². The van der Waals surface area contributed by atoms with Crippen LogP contribution >= 0.6 is 0 Å². The molecule has 0 saturated heterocycles. The minimum Gasteiger partial charge on any atom is -0.497 e. The number of ether oxygens (including phenoxy) is 3. The van der Waals surface area contributed by atoms with E-state index in [1.165, 1.54) is 28.3 Å². The maximum atomic E-state index is 12.7. The van der Waals surface area contributed by atoms with Gasteiger partial charge in [-0.3, -0.25) is 9.10 Å². The van der Waals surface area contributed by atoms with E-state index in [1.807, 2.05) is 0 Å². The van der Waals surface area contributed by atoms with E-state index in [9.17, 15) is 13.2 Å². The van der Waals surface area contributed by atoms with Gasteiger partial charge in [0, 0.05) is 5.56 Å². The van der Waals surface area contributed by atoms with Gasteiger partial charge in [0.1, 0.15) is 11.8 Å². The van der Waals surface area contributed by atoms with E-state index in [0.29, 0.717) is 34.2 Å². The van der Waals surface area contributed by atoms with Gasteiger partial charge in [-0.1, -0.05) is 0 Å². The average molecular weight is 450 g/mol. The van der Waals surface area contributed by atoms with Crippen molar-refractivity contribution in [2.45, 2.75) is 19.9 Å². The average Bonchev–Trinajstić information content (AvgIpc) is 2.76. The fourth-order valence-corrected chi connectivity index (χ4v) is 4.07. The van der Waals surface area contributed by atoms with Crippen LogP contribution in [-0.4, -0.2) is 53.7 Å². The number of carbonyl (C=O) groups excluding carboxylic acids is 1. The molecule has 9 nitrogen and oxygen atoms in total. The number of carbonyl (C=O) groups is 1. The summed E-state index contributed by atoms with van der Waals surface area (Å²) in [4.78, 5) is 12.7. The van der Waals surface area contributed by atoms with Crippen LogP contribution in [-0.2, 0) is 14.8 Å². The summed E-state index contributed by atoms with van der Waals surface area (Å²) < 4.78 is 41.4. The van der Waals surface area contributed by atoms with Crippen LogP contribution in [0.2, 0.25) is 0 Å². The van der Waals surface area contributed by atoms with Crippen molar-refractivity contribution in [2.24, 2.45) is 5.10 Å². The Bertz CT molecular complexity index is 1050. The molecule has 0 radical (unpaired) electrons. The van der Waals surface area contributed by atoms with Crippen LogP contribution in [0.1, 0.15) is 19.4 Å². The number of hydrogen-bond acceptors (Lipinski definition) is 7. The van der Waals surface area contributed by atoms with Gasteiger partial charge in [-0.2, -0.15) is 5.10 Å². The number of rotatable bonds is 9. The minimum absolute atomic E-state index is 0.339. The molecular formula is C21H27N3O6S. The number of amides is 1. The molecule has 0 saturated carbocycles. The Labute approximate surface area is 182 Å². The van der Waals surface area contributed by atoms with Gasteiger partial charge in [0.25, 0.3) is 5.91 Å². The first-order chi connectivity index (χ1) is 14.6. The van der Waals surface area contributed by atoms with Crippen LogP contribution in [0.5, 0.6) is 17.2 Å². The number of hydrazone groups is 1. The highest BCUT2D eigenvalue weighted by atomic mass is 32.2. The Morgan fingerprint density at radius 2 is 1.61 bits per heavy atom. The molecule has 0 heterocycles. The van der Waals surface area contributed by atoms with Crippen molar-refractivity contribution in [3.63, 3.8) is 0 Å². The van der Waals surface area contributed by atoms with Gasteiger partial charge in [-0.25, -0.2) is 13.8 Å². The molecule has 0 spiro atoms. The van der Waals surface area contributed by atoms with E-state index >= 15 is 0 Å². The fourth-order valence-electron chi connectivity index (χ4n) is 2.90. The van der Waals surface area contributed by atoms with Gasteiger partial charge in [0.05, 0.1) is 39.0 Å². The van der Waals surface area contributed by atoms with E-state index in [2.05, 4.69) is 10.5 Å². The SMILES string of the molecule is COc1ccc(N([C@@H](C)C(=O)N/N=C(/C)c2ccc(OC)c(OC)c2)S(C)(=O)=O)cc1. The maximum absolute atomic E-state index is 12.7. The number of nitrogens with one attached hydrogen (secondary N) is 1. The van der Waals surface area contributed by atoms with Crippen LogP contribution in [0.3, 0.4) is 0 Å². The summed E-state index contributed by atoms with van der Waals surface area (Å²) in [6, 6.07) is 10.6. The van der Waals surface area contributed by atoms with Crippen LogP contribution in [0, 0.1) is 0 Å². The van der Waals surface area contributed by atoms with E-state index in [4.69, 9.17) is 14.2 Å². The van der Waals surface area contributed by atoms with Gasteiger partial charge >= 0.3 is 0 Å². The molecule has 31 heavy (non-hydrogen) atoms. The zero-order chi connectivity index (χ0) is 23.2. The quantitative estimate of drug-likeness (QED) is 0.465. The lowest BCUT2D eigenvalue weighted by atomic mass is 10.1. The smallest absolute Gasteiger partial charge is 0.263 e. The number of hydrogen-bond donors (Lipinski definition) is 1. The molecule has 0 fully saturated rings. The lowest BCUT2D eigenvalue weighted by Crippen LogP contribution is -2.46. The van der Waals surface area contributed by atoms with E-state index in [1.54, 1.807) is 49.4 Å². The normalized spacial score (nSPS) is 12.6. The lowest BCUT2D eigenvalue weighted by Gasteiger charge is -2.27. The van der Waals surface area contributed by atoms with Crippen molar-refractivity contribution in [1.29, 1.82) is 0 Å². The zero-order valence-electron chi connectivity index (χ0n) is 18.4. The highest BCUT2D eigenvalue weighted by molar-refractivity contribution is 7.92. The van der Waals surface area contributed by atoms with Crippen LogP contribution in [0.25, 0.3) is 0 Å². The van der Waals surface area contributed by atoms with Gasteiger partial charge < -0.3 is 14.2 Å². The zero-order valence-corrected chi connectivity index (χ0v) is 19.2. The monoisotopic (exact) mass is 449 g/mol. The predicted octanol–water partition coefficient (Wildman–Crippen LogP) is 2.41.